The van der Waals surface area contributed by atoms with Crippen LogP contribution in [-0.4, -0.2) is 59.1 Å². The van der Waals surface area contributed by atoms with E-state index in [0.29, 0.717) is 61.8 Å². The summed E-state index contributed by atoms with van der Waals surface area (Å²) in [5.74, 6) is -0.506. The van der Waals surface area contributed by atoms with Gasteiger partial charge in [-0.25, -0.2) is 9.37 Å². The van der Waals surface area contributed by atoms with Crippen LogP contribution in [0.1, 0.15) is 26.3 Å². The number of hydrogen-bond acceptors (Lipinski definition) is 6. The van der Waals surface area contributed by atoms with Gasteiger partial charge in [0.25, 0.3) is 17.4 Å². The fraction of sp³-hybridized carbons (Fsp3) is 0.226. The first-order chi connectivity index (χ1) is 19.9. The molecule has 0 saturated carbocycles. The molecule has 6 rings (SSSR count). The standard InChI is InChI=1S/C31H28FN5O4/c1-35-19-26(24-3-2-4-27-25(24)13-14-37(27)30(39)21-5-9-22(32)10-6-21)34-28(31(35)40)33-23-11-7-20(8-12-23)29(38)36-15-17-41-18-16-36/h2-12,19H,13-18H2,1H3,(H,33,34). The van der Waals surface area contributed by atoms with E-state index in [9.17, 15) is 18.8 Å². The average Bonchev–Trinajstić information content (AvgIpc) is 3.44. The van der Waals surface area contributed by atoms with Gasteiger partial charge < -0.3 is 24.4 Å². The van der Waals surface area contributed by atoms with Gasteiger partial charge >= 0.3 is 0 Å². The highest BCUT2D eigenvalue weighted by Crippen LogP contribution is 2.36. The number of aryl methyl sites for hydroxylation is 1. The van der Waals surface area contributed by atoms with Crippen molar-refractivity contribution in [2.75, 3.05) is 43.1 Å². The molecule has 0 radical (unpaired) electrons. The Balaban J connectivity index is 1.26. The Bertz CT molecular complexity index is 1680. The van der Waals surface area contributed by atoms with E-state index in [4.69, 9.17) is 4.74 Å². The van der Waals surface area contributed by atoms with E-state index >= 15 is 0 Å². The zero-order valence-corrected chi connectivity index (χ0v) is 22.5. The third-order valence-electron chi connectivity index (χ3n) is 7.40. The van der Waals surface area contributed by atoms with E-state index in [1.54, 1.807) is 47.3 Å². The van der Waals surface area contributed by atoms with Gasteiger partial charge in [0.1, 0.15) is 5.82 Å². The second-order valence-electron chi connectivity index (χ2n) is 10.0. The van der Waals surface area contributed by atoms with Crippen molar-refractivity contribution in [1.29, 1.82) is 0 Å². The molecule has 1 aromatic heterocycles. The molecule has 0 unspecified atom stereocenters. The Kier molecular flexibility index (Phi) is 7.07. The lowest BCUT2D eigenvalue weighted by molar-refractivity contribution is 0.0303. The molecule has 3 heterocycles. The molecule has 2 aliphatic rings. The van der Waals surface area contributed by atoms with Crippen LogP contribution >= 0.6 is 0 Å². The predicted molar refractivity (Wildman–Crippen MR) is 153 cm³/mol. The maximum Gasteiger partial charge on any atom is 0.293 e. The van der Waals surface area contributed by atoms with Crippen LogP contribution in [0.2, 0.25) is 0 Å². The van der Waals surface area contributed by atoms with Gasteiger partial charge in [0.05, 0.1) is 18.9 Å². The molecule has 10 heteroatoms. The van der Waals surface area contributed by atoms with Crippen molar-refractivity contribution in [3.05, 3.63) is 106 Å². The average molecular weight is 554 g/mol. The van der Waals surface area contributed by atoms with Crippen LogP contribution in [-0.2, 0) is 18.2 Å². The summed E-state index contributed by atoms with van der Waals surface area (Å²) in [6, 6.07) is 18.1. The SMILES string of the molecule is Cn1cc(-c2cccc3c2CCN3C(=O)c2ccc(F)cc2)nc(Nc2ccc(C(=O)N3CCOCC3)cc2)c1=O. The number of carbonyl (C=O) groups excluding carboxylic acids is 2. The summed E-state index contributed by atoms with van der Waals surface area (Å²) in [5, 5.41) is 3.11. The van der Waals surface area contributed by atoms with E-state index in [0.717, 1.165) is 16.8 Å². The summed E-state index contributed by atoms with van der Waals surface area (Å²) in [6.45, 7) is 2.67. The lowest BCUT2D eigenvalue weighted by atomic mass is 10.0. The maximum atomic E-state index is 13.4. The van der Waals surface area contributed by atoms with E-state index in [1.165, 1.54) is 28.8 Å². The lowest BCUT2D eigenvalue weighted by Crippen LogP contribution is -2.40. The Hall–Kier alpha value is -4.83. The molecule has 41 heavy (non-hydrogen) atoms. The number of morpholine rings is 1. The van der Waals surface area contributed by atoms with Crippen molar-refractivity contribution in [2.24, 2.45) is 7.05 Å². The van der Waals surface area contributed by atoms with Crippen molar-refractivity contribution >= 4 is 29.0 Å². The molecule has 0 bridgehead atoms. The number of amides is 2. The first kappa shape index (κ1) is 26.4. The number of nitrogens with zero attached hydrogens (tertiary/aromatic N) is 4. The Labute approximate surface area is 235 Å². The number of rotatable bonds is 5. The molecule has 0 spiro atoms. The minimum absolute atomic E-state index is 0.0548. The molecule has 0 atom stereocenters. The van der Waals surface area contributed by atoms with Crippen molar-refractivity contribution in [2.45, 2.75) is 6.42 Å². The van der Waals surface area contributed by atoms with Crippen LogP contribution in [0.25, 0.3) is 11.3 Å². The number of carbonyl (C=O) groups is 2. The molecule has 4 aromatic rings. The summed E-state index contributed by atoms with van der Waals surface area (Å²) in [7, 11) is 1.66. The van der Waals surface area contributed by atoms with Crippen molar-refractivity contribution in [1.82, 2.24) is 14.5 Å². The lowest BCUT2D eigenvalue weighted by Gasteiger charge is -2.26. The van der Waals surface area contributed by atoms with E-state index in [-0.39, 0.29) is 23.2 Å². The first-order valence-corrected chi connectivity index (χ1v) is 13.4. The van der Waals surface area contributed by atoms with E-state index in [1.807, 2.05) is 18.2 Å². The number of halogens is 1. The van der Waals surface area contributed by atoms with Gasteiger partial charge in [0.15, 0.2) is 5.82 Å². The van der Waals surface area contributed by atoms with Crippen LogP contribution in [0.4, 0.5) is 21.6 Å². The number of benzene rings is 3. The van der Waals surface area contributed by atoms with Gasteiger partial charge in [-0.15, -0.1) is 0 Å². The quantitative estimate of drug-likeness (QED) is 0.401. The van der Waals surface area contributed by atoms with Gasteiger partial charge in [-0.05, 0) is 66.6 Å². The molecule has 208 valence electrons. The fourth-order valence-electron chi connectivity index (χ4n) is 5.23. The third-order valence-corrected chi connectivity index (χ3v) is 7.40. The van der Waals surface area contributed by atoms with Gasteiger partial charge in [0, 0.05) is 60.9 Å². The number of hydrogen-bond donors (Lipinski definition) is 1. The second-order valence-corrected chi connectivity index (χ2v) is 10.0. The monoisotopic (exact) mass is 553 g/mol. The Morgan fingerprint density at radius 3 is 2.32 bits per heavy atom. The molecule has 2 amide bonds. The van der Waals surface area contributed by atoms with Gasteiger partial charge in [-0.1, -0.05) is 12.1 Å². The van der Waals surface area contributed by atoms with Crippen LogP contribution < -0.4 is 15.8 Å². The molecule has 1 N–H and O–H groups in total. The molecular weight excluding hydrogens is 525 g/mol. The molecule has 1 fully saturated rings. The molecule has 9 nitrogen and oxygen atoms in total. The number of anilines is 3. The second kappa shape index (κ2) is 11.0. The van der Waals surface area contributed by atoms with Crippen molar-refractivity contribution in [3.63, 3.8) is 0 Å². The minimum Gasteiger partial charge on any atom is -0.378 e. The van der Waals surface area contributed by atoms with Crippen LogP contribution in [0, 0.1) is 5.82 Å². The Morgan fingerprint density at radius 1 is 0.902 bits per heavy atom. The zero-order chi connectivity index (χ0) is 28.5. The summed E-state index contributed by atoms with van der Waals surface area (Å²) in [5.41, 5.74) is 4.42. The van der Waals surface area contributed by atoms with E-state index < -0.39 is 5.82 Å². The highest BCUT2D eigenvalue weighted by Gasteiger charge is 2.28. The number of aromatic nitrogens is 2. The van der Waals surface area contributed by atoms with Gasteiger partial charge in [-0.3, -0.25) is 14.4 Å². The molecule has 0 aliphatic carbocycles. The predicted octanol–water partition coefficient (Wildman–Crippen LogP) is 4.01. The summed E-state index contributed by atoms with van der Waals surface area (Å²) in [6.07, 6.45) is 2.29. The summed E-state index contributed by atoms with van der Waals surface area (Å²) < 4.78 is 20.2. The number of fused-ring (bicyclic) bond motifs is 1. The molecule has 3 aromatic carbocycles. The van der Waals surface area contributed by atoms with Crippen LogP contribution in [0.15, 0.2) is 77.7 Å². The minimum atomic E-state index is -0.395. The molecular formula is C31H28FN5O4. The maximum absolute atomic E-state index is 13.4. The van der Waals surface area contributed by atoms with Gasteiger partial charge in [0.2, 0.25) is 0 Å². The molecule has 1 saturated heterocycles. The van der Waals surface area contributed by atoms with Gasteiger partial charge in [-0.2, -0.15) is 0 Å². The largest absolute Gasteiger partial charge is 0.378 e. The zero-order valence-electron chi connectivity index (χ0n) is 22.5. The Morgan fingerprint density at radius 2 is 1.59 bits per heavy atom. The van der Waals surface area contributed by atoms with Crippen LogP contribution in [0.3, 0.4) is 0 Å². The summed E-state index contributed by atoms with van der Waals surface area (Å²) >= 11 is 0. The molecule has 2 aliphatic heterocycles. The van der Waals surface area contributed by atoms with Crippen LogP contribution in [0.5, 0.6) is 0 Å². The smallest absolute Gasteiger partial charge is 0.293 e. The van der Waals surface area contributed by atoms with Crippen molar-refractivity contribution < 1.29 is 18.7 Å². The fourth-order valence-corrected chi connectivity index (χ4v) is 5.23. The number of nitrogens with one attached hydrogen (secondary N) is 1. The highest BCUT2D eigenvalue weighted by molar-refractivity contribution is 6.07. The topological polar surface area (TPSA) is 96.8 Å². The normalized spacial score (nSPS) is 14.6. The highest BCUT2D eigenvalue weighted by atomic mass is 19.1. The summed E-state index contributed by atoms with van der Waals surface area (Å²) in [4.78, 5) is 47.0. The van der Waals surface area contributed by atoms with Crippen molar-refractivity contribution in [3.8, 4) is 11.3 Å². The van der Waals surface area contributed by atoms with E-state index in [2.05, 4.69) is 10.3 Å². The first-order valence-electron chi connectivity index (χ1n) is 13.4. The number of ether oxygens (including phenoxy) is 1. The third kappa shape index (κ3) is 5.21.